The van der Waals surface area contributed by atoms with Crippen molar-refractivity contribution in [3.8, 4) is 0 Å². The fourth-order valence-electron chi connectivity index (χ4n) is 2.21. The monoisotopic (exact) mass is 267 g/mol. The first-order valence-electron chi connectivity index (χ1n) is 6.32. The Kier molecular flexibility index (Phi) is 3.52. The van der Waals surface area contributed by atoms with Gasteiger partial charge in [0.05, 0.1) is 11.5 Å². The summed E-state index contributed by atoms with van der Waals surface area (Å²) in [6, 6.07) is 8.21. The molecule has 0 bridgehead atoms. The van der Waals surface area contributed by atoms with Crippen LogP contribution in [-0.4, -0.2) is 26.5 Å². The molecule has 1 unspecified atom stereocenters. The summed E-state index contributed by atoms with van der Waals surface area (Å²) >= 11 is 0. The largest absolute Gasteiger partial charge is 0.308 e. The average Bonchev–Trinajstić information content (AvgIpc) is 2.27. The third-order valence-corrected chi connectivity index (χ3v) is 5.07. The molecule has 4 heteroatoms. The third-order valence-electron chi connectivity index (χ3n) is 3.40. The van der Waals surface area contributed by atoms with Crippen molar-refractivity contribution in [2.24, 2.45) is 0 Å². The van der Waals surface area contributed by atoms with Gasteiger partial charge in [0, 0.05) is 12.6 Å². The van der Waals surface area contributed by atoms with Crippen LogP contribution in [0.5, 0.6) is 0 Å². The van der Waals surface area contributed by atoms with Gasteiger partial charge in [0.25, 0.3) is 0 Å². The maximum absolute atomic E-state index is 11.6. The van der Waals surface area contributed by atoms with Gasteiger partial charge in [-0.2, -0.15) is 0 Å². The second-order valence-electron chi connectivity index (χ2n) is 5.99. The van der Waals surface area contributed by atoms with E-state index < -0.39 is 9.84 Å². The molecule has 1 aliphatic heterocycles. The van der Waals surface area contributed by atoms with E-state index >= 15 is 0 Å². The number of hydrogen-bond donors (Lipinski definition) is 1. The number of rotatable bonds is 1. The fraction of sp³-hybridized carbons (Fsp3) is 0.571. The van der Waals surface area contributed by atoms with Crippen molar-refractivity contribution in [3.63, 3.8) is 0 Å². The summed E-state index contributed by atoms with van der Waals surface area (Å²) in [4.78, 5) is 0. The Morgan fingerprint density at radius 2 is 1.78 bits per heavy atom. The molecule has 1 heterocycles. The molecule has 1 fully saturated rings. The van der Waals surface area contributed by atoms with Gasteiger partial charge in [-0.1, -0.05) is 45.0 Å². The summed E-state index contributed by atoms with van der Waals surface area (Å²) in [5.41, 5.74) is 2.46. The first kappa shape index (κ1) is 13.6. The number of benzene rings is 1. The lowest BCUT2D eigenvalue weighted by atomic mass is 9.86. The molecule has 1 aromatic rings. The van der Waals surface area contributed by atoms with E-state index in [-0.39, 0.29) is 23.0 Å². The minimum absolute atomic E-state index is 0.0576. The van der Waals surface area contributed by atoms with Crippen LogP contribution in [0.4, 0.5) is 0 Å². The van der Waals surface area contributed by atoms with Crippen molar-refractivity contribution < 1.29 is 8.42 Å². The van der Waals surface area contributed by atoms with Gasteiger partial charge < -0.3 is 5.32 Å². The molecular formula is C14H21NO2S. The van der Waals surface area contributed by atoms with Crippen molar-refractivity contribution in [2.45, 2.75) is 32.2 Å². The summed E-state index contributed by atoms with van der Waals surface area (Å²) < 4.78 is 23.2. The van der Waals surface area contributed by atoms with E-state index in [9.17, 15) is 8.42 Å². The Balaban J connectivity index is 2.20. The average molecular weight is 267 g/mol. The molecule has 1 atom stereocenters. The van der Waals surface area contributed by atoms with Crippen LogP contribution in [0.1, 0.15) is 37.9 Å². The number of sulfone groups is 1. The number of nitrogens with one attached hydrogen (secondary N) is 1. The van der Waals surface area contributed by atoms with Crippen LogP contribution >= 0.6 is 0 Å². The van der Waals surface area contributed by atoms with E-state index in [2.05, 4.69) is 38.2 Å². The molecule has 0 radical (unpaired) electrons. The summed E-state index contributed by atoms with van der Waals surface area (Å²) in [6.45, 7) is 7.07. The highest BCUT2D eigenvalue weighted by Crippen LogP contribution is 2.25. The zero-order valence-corrected chi connectivity index (χ0v) is 12.0. The van der Waals surface area contributed by atoms with Crippen LogP contribution in [0, 0.1) is 0 Å². The fourth-order valence-corrected chi connectivity index (χ4v) is 3.63. The van der Waals surface area contributed by atoms with Gasteiger partial charge in [-0.15, -0.1) is 0 Å². The molecule has 18 heavy (non-hydrogen) atoms. The highest BCUT2D eigenvalue weighted by Gasteiger charge is 2.25. The normalized spacial score (nSPS) is 23.8. The predicted molar refractivity (Wildman–Crippen MR) is 74.5 cm³/mol. The zero-order valence-electron chi connectivity index (χ0n) is 11.2. The summed E-state index contributed by atoms with van der Waals surface area (Å²) in [7, 11) is -2.88. The molecule has 1 N–H and O–H groups in total. The minimum Gasteiger partial charge on any atom is -0.308 e. The maximum Gasteiger partial charge on any atom is 0.153 e. The quantitative estimate of drug-likeness (QED) is 0.847. The zero-order chi connectivity index (χ0) is 13.4. The van der Waals surface area contributed by atoms with E-state index in [4.69, 9.17) is 0 Å². The Bertz CT molecular complexity index is 512. The Labute approximate surface area is 110 Å². The topological polar surface area (TPSA) is 46.2 Å². The van der Waals surface area contributed by atoms with Gasteiger partial charge in [-0.3, -0.25) is 0 Å². The highest BCUT2D eigenvalue weighted by atomic mass is 32.2. The van der Waals surface area contributed by atoms with Gasteiger partial charge in [-0.05, 0) is 16.5 Å². The number of hydrogen-bond acceptors (Lipinski definition) is 3. The second-order valence-corrected chi connectivity index (χ2v) is 8.22. The molecular weight excluding hydrogens is 246 g/mol. The molecule has 2 rings (SSSR count). The second kappa shape index (κ2) is 4.67. The predicted octanol–water partition coefficient (Wildman–Crippen LogP) is 2.04. The molecule has 0 aliphatic carbocycles. The van der Waals surface area contributed by atoms with Crippen LogP contribution in [0.2, 0.25) is 0 Å². The molecule has 100 valence electrons. The highest BCUT2D eigenvalue weighted by molar-refractivity contribution is 7.91. The van der Waals surface area contributed by atoms with Crippen molar-refractivity contribution in [3.05, 3.63) is 35.4 Å². The van der Waals surface area contributed by atoms with Crippen LogP contribution in [0.3, 0.4) is 0 Å². The summed E-state index contributed by atoms with van der Waals surface area (Å²) in [5.74, 6) is 0.464. The Morgan fingerprint density at radius 1 is 1.17 bits per heavy atom. The van der Waals surface area contributed by atoms with Crippen molar-refractivity contribution in [1.82, 2.24) is 5.32 Å². The third kappa shape index (κ3) is 3.12. The summed E-state index contributed by atoms with van der Waals surface area (Å²) in [6.07, 6.45) is 0. The lowest BCUT2D eigenvalue weighted by Crippen LogP contribution is -2.39. The SMILES string of the molecule is CC(C)(C)c1ccc(C2CS(=O)(=O)CCN2)cc1. The van der Waals surface area contributed by atoms with Gasteiger partial charge in [0.1, 0.15) is 0 Å². The van der Waals surface area contributed by atoms with Gasteiger partial charge in [-0.25, -0.2) is 8.42 Å². The lowest BCUT2D eigenvalue weighted by molar-refractivity contribution is 0.530. The van der Waals surface area contributed by atoms with Gasteiger partial charge in [0.2, 0.25) is 0 Å². The molecule has 0 saturated carbocycles. The first-order chi connectivity index (χ1) is 8.28. The van der Waals surface area contributed by atoms with Gasteiger partial charge >= 0.3 is 0 Å². The van der Waals surface area contributed by atoms with E-state index in [1.165, 1.54) is 5.56 Å². The van der Waals surface area contributed by atoms with Crippen LogP contribution in [0.15, 0.2) is 24.3 Å². The van der Waals surface area contributed by atoms with Crippen molar-refractivity contribution in [2.75, 3.05) is 18.1 Å². The van der Waals surface area contributed by atoms with Crippen LogP contribution < -0.4 is 5.32 Å². The van der Waals surface area contributed by atoms with Crippen molar-refractivity contribution in [1.29, 1.82) is 0 Å². The van der Waals surface area contributed by atoms with E-state index in [1.807, 2.05) is 12.1 Å². The lowest BCUT2D eigenvalue weighted by Gasteiger charge is -2.25. The smallest absolute Gasteiger partial charge is 0.153 e. The molecule has 1 aliphatic rings. The Morgan fingerprint density at radius 3 is 2.28 bits per heavy atom. The van der Waals surface area contributed by atoms with Crippen LogP contribution in [-0.2, 0) is 15.3 Å². The van der Waals surface area contributed by atoms with Gasteiger partial charge in [0.15, 0.2) is 9.84 Å². The van der Waals surface area contributed by atoms with E-state index in [1.54, 1.807) is 0 Å². The molecule has 0 amide bonds. The molecule has 1 aromatic carbocycles. The van der Waals surface area contributed by atoms with Crippen LogP contribution in [0.25, 0.3) is 0 Å². The standard InChI is InChI=1S/C14H21NO2S/c1-14(2,3)12-6-4-11(5-7-12)13-10-18(16,17)9-8-15-13/h4-7,13,15H,8-10H2,1-3H3. The molecule has 1 saturated heterocycles. The van der Waals surface area contributed by atoms with Crippen molar-refractivity contribution >= 4 is 9.84 Å². The van der Waals surface area contributed by atoms with E-state index in [0.29, 0.717) is 6.54 Å². The van der Waals surface area contributed by atoms with E-state index in [0.717, 1.165) is 5.56 Å². The molecule has 3 nitrogen and oxygen atoms in total. The first-order valence-corrected chi connectivity index (χ1v) is 8.14. The molecule has 0 spiro atoms. The Hall–Kier alpha value is -0.870. The molecule has 0 aromatic heterocycles. The minimum atomic E-state index is -2.88. The summed E-state index contributed by atoms with van der Waals surface area (Å²) in [5, 5.41) is 3.27. The maximum atomic E-state index is 11.6.